The predicted octanol–water partition coefficient (Wildman–Crippen LogP) is 6.39. The van der Waals surface area contributed by atoms with Crippen molar-refractivity contribution in [3.05, 3.63) is 76.7 Å². The Labute approximate surface area is 310 Å². The van der Waals surface area contributed by atoms with Gasteiger partial charge < -0.3 is 21.5 Å². The number of rotatable bonds is 11. The third-order valence-electron chi connectivity index (χ3n) is 6.51. The normalized spacial score (nSPS) is 12.3. The minimum atomic E-state index is -5.30. The maximum atomic E-state index is 12.6. The largest absolute Gasteiger partial charge is 0.505 e. The lowest BCUT2D eigenvalue weighted by Gasteiger charge is -2.12. The molecule has 0 spiro atoms. The highest BCUT2D eigenvalue weighted by Gasteiger charge is 2.25. The number of nitrogens with two attached hydrogens (primary N) is 1. The van der Waals surface area contributed by atoms with E-state index in [1.54, 1.807) is 0 Å². The molecule has 8 N–H and O–H groups in total. The Balaban J connectivity index is 1.94. The molecule has 0 radical (unpaired) electrons. The van der Waals surface area contributed by atoms with Crippen LogP contribution in [0, 0.1) is 0 Å². The molecule has 4 rings (SSSR count). The number of azo groups is 2. The van der Waals surface area contributed by atoms with Gasteiger partial charge in [0.2, 0.25) is 0 Å². The summed E-state index contributed by atoms with van der Waals surface area (Å²) in [7, 11) is -15.2. The highest BCUT2D eigenvalue weighted by Crippen LogP contribution is 2.46. The molecule has 0 aliphatic rings. The van der Waals surface area contributed by atoms with Gasteiger partial charge in [-0.2, -0.15) is 25.3 Å². The summed E-state index contributed by atoms with van der Waals surface area (Å²) in [6, 6.07) is 8.99. The molecule has 0 aliphatic heterocycles. The van der Waals surface area contributed by atoms with Crippen LogP contribution in [0.2, 0.25) is 0 Å². The quantitative estimate of drug-likeness (QED) is 0.0372. The number of anilines is 3. The van der Waals surface area contributed by atoms with Crippen molar-refractivity contribution in [1.29, 1.82) is 0 Å². The fourth-order valence-corrected chi connectivity index (χ4v) is 6.27. The van der Waals surface area contributed by atoms with Gasteiger partial charge >= 0.3 is 0 Å². The van der Waals surface area contributed by atoms with Crippen LogP contribution in [0.25, 0.3) is 10.8 Å². The monoisotopic (exact) mass is 901 g/mol. The van der Waals surface area contributed by atoms with Crippen molar-refractivity contribution in [3.63, 3.8) is 0 Å². The molecule has 24 heteroatoms. The first-order valence-electron chi connectivity index (χ1n) is 13.4. The second kappa shape index (κ2) is 15.0. The van der Waals surface area contributed by atoms with E-state index in [4.69, 9.17) is 5.73 Å². The minimum absolute atomic E-state index is 0.0159. The third kappa shape index (κ3) is 9.09. The van der Waals surface area contributed by atoms with Crippen LogP contribution < -0.4 is 16.4 Å². The van der Waals surface area contributed by atoms with Crippen molar-refractivity contribution in [2.75, 3.05) is 16.4 Å². The van der Waals surface area contributed by atoms with Crippen LogP contribution in [0.4, 0.5) is 39.8 Å². The summed E-state index contributed by atoms with van der Waals surface area (Å²) in [6.07, 6.45) is 0. The van der Waals surface area contributed by atoms with Crippen LogP contribution in [0.3, 0.4) is 0 Å². The van der Waals surface area contributed by atoms with E-state index in [-0.39, 0.29) is 36.8 Å². The van der Waals surface area contributed by atoms with Crippen LogP contribution >= 0.6 is 31.9 Å². The summed E-state index contributed by atoms with van der Waals surface area (Å²) in [5.41, 5.74) is 3.24. The fourth-order valence-electron chi connectivity index (χ4n) is 4.21. The van der Waals surface area contributed by atoms with Crippen LogP contribution in [-0.2, 0) is 39.9 Å². The molecular formula is C28H21Br2N7O12S3. The molecule has 0 saturated carbocycles. The second-order valence-corrected chi connectivity index (χ2v) is 16.2. The molecule has 19 nitrogen and oxygen atoms in total. The van der Waals surface area contributed by atoms with Gasteiger partial charge in [-0.3, -0.25) is 23.2 Å². The van der Waals surface area contributed by atoms with Gasteiger partial charge in [0.1, 0.15) is 37.4 Å². The van der Waals surface area contributed by atoms with E-state index in [2.05, 4.69) is 76.1 Å². The van der Waals surface area contributed by atoms with Gasteiger partial charge in [0.15, 0.2) is 5.75 Å². The van der Waals surface area contributed by atoms with Gasteiger partial charge in [-0.05, 0) is 86.5 Å². The smallest absolute Gasteiger partial charge is 0.296 e. The first kappa shape index (κ1) is 39.8. The zero-order valence-corrected chi connectivity index (χ0v) is 31.1. The Morgan fingerprint density at radius 1 is 0.615 bits per heavy atom. The van der Waals surface area contributed by atoms with Gasteiger partial charge in [0.05, 0.1) is 14.7 Å². The second-order valence-electron chi connectivity index (χ2n) is 10.1. The van der Waals surface area contributed by atoms with Gasteiger partial charge in [-0.15, -0.1) is 20.5 Å². The Kier molecular flexibility index (Phi) is 11.5. The fraction of sp³-hybridized carbons (Fsp3) is 0. The first-order chi connectivity index (χ1) is 24.0. The third-order valence-corrected chi connectivity index (χ3v) is 9.90. The van der Waals surface area contributed by atoms with Crippen LogP contribution in [0.1, 0.15) is 0 Å². The minimum Gasteiger partial charge on any atom is -0.505 e. The van der Waals surface area contributed by atoms with Crippen molar-refractivity contribution < 1.29 is 53.6 Å². The van der Waals surface area contributed by atoms with Gasteiger partial charge in [0, 0.05) is 22.1 Å². The predicted molar refractivity (Wildman–Crippen MR) is 194 cm³/mol. The molecular weight excluding hydrogens is 882 g/mol. The van der Waals surface area contributed by atoms with E-state index in [9.17, 15) is 53.6 Å². The van der Waals surface area contributed by atoms with Gasteiger partial charge in [0.25, 0.3) is 42.2 Å². The lowest BCUT2D eigenvalue weighted by Crippen LogP contribution is -2.10. The van der Waals surface area contributed by atoms with Crippen molar-refractivity contribution in [3.8, 4) is 5.75 Å². The number of nitrogen functional groups attached to an aromatic ring is 1. The lowest BCUT2D eigenvalue weighted by atomic mass is 10.1. The lowest BCUT2D eigenvalue weighted by molar-refractivity contribution is -0.112. The number of fused-ring (bicyclic) bond motifs is 1. The highest BCUT2D eigenvalue weighted by molar-refractivity contribution is 9.12. The van der Waals surface area contributed by atoms with Crippen LogP contribution in [-0.4, -0.2) is 55.8 Å². The molecule has 0 fully saturated rings. The molecule has 2 amide bonds. The highest BCUT2D eigenvalue weighted by atomic mass is 79.9. The molecule has 0 saturated heterocycles. The van der Waals surface area contributed by atoms with Crippen molar-refractivity contribution >= 4 is 125 Å². The average Bonchev–Trinajstić information content (AvgIpc) is 3.02. The number of carbonyl (C=O) groups excluding carboxylic acids is 2. The van der Waals surface area contributed by atoms with Crippen molar-refractivity contribution in [1.82, 2.24) is 0 Å². The van der Waals surface area contributed by atoms with Crippen molar-refractivity contribution in [2.24, 2.45) is 20.5 Å². The van der Waals surface area contributed by atoms with E-state index in [1.165, 1.54) is 12.1 Å². The number of aromatic hydroxyl groups is 1. The topological polar surface area (TPSA) is 317 Å². The number of amides is 2. The molecule has 0 aliphatic carbocycles. The van der Waals surface area contributed by atoms with E-state index in [0.717, 1.165) is 42.5 Å². The van der Waals surface area contributed by atoms with E-state index < -0.39 is 85.4 Å². The zero-order valence-electron chi connectivity index (χ0n) is 25.5. The Morgan fingerprint density at radius 3 is 1.44 bits per heavy atom. The standard InChI is InChI=1S/C28H21Br2N7O12S3/c1-12(29)27(39)32-14-3-7-21(50(41,42)43)19(9-14)34-36-24-17-11-23(52(47,48)49)25(26(38)16(17)5-6-18(24)31)37-35-20-10-15(33-28(40)13(2)30)4-8-22(20)51(44,45)46/h3-11,38H,1-2,31H2,(H,32,39)(H,33,40)(H,41,42,43)(H,44,45,46)(H,47,48,49). The zero-order chi connectivity index (χ0) is 38.9. The Hall–Kier alpha value is -4.95. The summed E-state index contributed by atoms with van der Waals surface area (Å²) in [5.74, 6) is -2.43. The SMILES string of the molecule is C=C(Br)C(=O)Nc1ccc(S(=O)(=O)O)c(N=Nc2c(S(=O)(=O)O)cc3c(N=Nc4cc(NC(=O)C(=C)Br)ccc4S(=O)(=O)O)c(N)ccc3c2O)c1. The maximum Gasteiger partial charge on any atom is 0.296 e. The number of nitrogens with zero attached hydrogens (tertiary/aromatic N) is 4. The molecule has 52 heavy (non-hydrogen) atoms. The van der Waals surface area contributed by atoms with E-state index >= 15 is 0 Å². The number of phenols is 1. The molecule has 0 aromatic heterocycles. The van der Waals surface area contributed by atoms with Gasteiger partial charge in [-0.1, -0.05) is 13.2 Å². The number of phenolic OH excluding ortho intramolecular Hbond substituents is 1. The molecule has 0 bridgehead atoms. The number of halogens is 2. The summed E-state index contributed by atoms with van der Waals surface area (Å²) < 4.78 is 103. The number of benzene rings is 4. The Morgan fingerprint density at radius 2 is 1.04 bits per heavy atom. The maximum absolute atomic E-state index is 12.6. The average molecular weight is 904 g/mol. The Bertz CT molecular complexity index is 2630. The van der Waals surface area contributed by atoms with Gasteiger partial charge in [-0.25, -0.2) is 0 Å². The molecule has 272 valence electrons. The molecule has 0 heterocycles. The summed E-state index contributed by atoms with van der Waals surface area (Å²) >= 11 is 5.76. The van der Waals surface area contributed by atoms with E-state index in [0.29, 0.717) is 0 Å². The number of hydrogen-bond donors (Lipinski definition) is 7. The molecule has 0 atom stereocenters. The summed E-state index contributed by atoms with van der Waals surface area (Å²) in [5, 5.41) is 30.4. The summed E-state index contributed by atoms with van der Waals surface area (Å²) in [6.45, 7) is 6.80. The first-order valence-corrected chi connectivity index (χ1v) is 19.3. The van der Waals surface area contributed by atoms with Crippen LogP contribution in [0.5, 0.6) is 5.75 Å². The molecule has 0 unspecified atom stereocenters. The number of nitrogens with one attached hydrogen (secondary N) is 2. The number of carbonyl (C=O) groups is 2. The van der Waals surface area contributed by atoms with E-state index in [1.807, 2.05) is 0 Å². The molecule has 4 aromatic carbocycles. The number of hydrogen-bond acceptors (Lipinski definition) is 14. The summed E-state index contributed by atoms with van der Waals surface area (Å²) in [4.78, 5) is 21.4. The van der Waals surface area contributed by atoms with Crippen molar-refractivity contribution in [2.45, 2.75) is 14.7 Å². The van der Waals surface area contributed by atoms with Crippen LogP contribution in [0.15, 0.2) is 112 Å². The molecule has 4 aromatic rings.